The van der Waals surface area contributed by atoms with Crippen molar-refractivity contribution in [3.05, 3.63) is 65.7 Å². The molecule has 2 fully saturated rings. The van der Waals surface area contributed by atoms with Gasteiger partial charge in [0.2, 0.25) is 10.0 Å². The van der Waals surface area contributed by atoms with Crippen LogP contribution in [0.25, 0.3) is 0 Å². The Bertz CT molecular complexity index is 1220. The summed E-state index contributed by atoms with van der Waals surface area (Å²) in [5, 5.41) is 23.6. The van der Waals surface area contributed by atoms with Crippen molar-refractivity contribution < 1.29 is 37.6 Å². The molecule has 1 heterocycles. The molecule has 2 aromatic carbocycles. The van der Waals surface area contributed by atoms with Crippen LogP contribution in [0.2, 0.25) is 0 Å². The summed E-state index contributed by atoms with van der Waals surface area (Å²) in [6.45, 7) is 4.09. The third-order valence-corrected chi connectivity index (χ3v) is 9.65. The summed E-state index contributed by atoms with van der Waals surface area (Å²) in [4.78, 5) is 13.1. The summed E-state index contributed by atoms with van der Waals surface area (Å²) in [6, 6.07) is 14.6. The second kappa shape index (κ2) is 14.1. The van der Waals surface area contributed by atoms with Gasteiger partial charge in [0.15, 0.2) is 0 Å². The van der Waals surface area contributed by atoms with Gasteiger partial charge in [0.1, 0.15) is 6.10 Å². The number of aliphatic hydroxyl groups excluding tert-OH is 2. The zero-order valence-electron chi connectivity index (χ0n) is 23.9. The quantitative estimate of drug-likeness (QED) is 0.324. The van der Waals surface area contributed by atoms with Crippen molar-refractivity contribution in [3.63, 3.8) is 0 Å². The van der Waals surface area contributed by atoms with E-state index in [-0.39, 0.29) is 61.2 Å². The zero-order valence-corrected chi connectivity index (χ0v) is 24.7. The number of carbonyl (C=O) groups is 1. The van der Waals surface area contributed by atoms with Gasteiger partial charge < -0.3 is 29.7 Å². The second-order valence-corrected chi connectivity index (χ2v) is 13.3. The number of fused-ring (bicyclic) bond motifs is 1. The van der Waals surface area contributed by atoms with Gasteiger partial charge in [-0.15, -0.1) is 0 Å². The SMILES string of the molecule is CO[C@@H]1CO[C@@H]2C[C@H](OC(=O)N[C@@H](Cc3ccccc3)C(O)CN(CC(C)C)S(=O)(=O)c3ccc(CO)cc3)C[C@H]12. The molecule has 1 aliphatic heterocycles. The molecule has 41 heavy (non-hydrogen) atoms. The number of rotatable bonds is 13. The lowest BCUT2D eigenvalue weighted by Crippen LogP contribution is -2.51. The van der Waals surface area contributed by atoms with Gasteiger partial charge in [-0.05, 0) is 42.0 Å². The predicted octanol–water partition coefficient (Wildman–Crippen LogP) is 2.72. The zero-order chi connectivity index (χ0) is 29.6. The van der Waals surface area contributed by atoms with Crippen molar-refractivity contribution in [2.24, 2.45) is 11.8 Å². The first kappa shape index (κ1) is 31.4. The number of hydrogen-bond donors (Lipinski definition) is 3. The Hall–Kier alpha value is -2.54. The molecule has 226 valence electrons. The summed E-state index contributed by atoms with van der Waals surface area (Å²) in [7, 11) is -2.31. The van der Waals surface area contributed by atoms with E-state index in [1.54, 1.807) is 19.2 Å². The normalized spacial score (nSPS) is 23.9. The summed E-state index contributed by atoms with van der Waals surface area (Å²) >= 11 is 0. The summed E-state index contributed by atoms with van der Waals surface area (Å²) in [5.41, 5.74) is 1.47. The van der Waals surface area contributed by atoms with Gasteiger partial charge >= 0.3 is 6.09 Å². The lowest BCUT2D eigenvalue weighted by molar-refractivity contribution is 0.0297. The van der Waals surface area contributed by atoms with Crippen LogP contribution < -0.4 is 5.32 Å². The van der Waals surface area contributed by atoms with Gasteiger partial charge in [-0.2, -0.15) is 4.31 Å². The summed E-state index contributed by atoms with van der Waals surface area (Å²) in [6.07, 6.45) is -0.751. The van der Waals surface area contributed by atoms with E-state index in [9.17, 15) is 23.4 Å². The van der Waals surface area contributed by atoms with Crippen LogP contribution in [0.3, 0.4) is 0 Å². The highest BCUT2D eigenvalue weighted by atomic mass is 32.2. The fourth-order valence-electron chi connectivity index (χ4n) is 5.67. The molecule has 0 radical (unpaired) electrons. The molecule has 3 N–H and O–H groups in total. The minimum Gasteiger partial charge on any atom is -0.446 e. The number of carbonyl (C=O) groups excluding carboxylic acids is 1. The topological polar surface area (TPSA) is 135 Å². The van der Waals surface area contributed by atoms with E-state index in [0.29, 0.717) is 25.0 Å². The second-order valence-electron chi connectivity index (χ2n) is 11.3. The number of alkyl carbamates (subject to hydrolysis) is 1. The Kier molecular flexibility index (Phi) is 10.8. The Morgan fingerprint density at radius 1 is 1.07 bits per heavy atom. The first-order valence-electron chi connectivity index (χ1n) is 14.1. The van der Waals surface area contributed by atoms with E-state index in [2.05, 4.69) is 5.32 Å². The Morgan fingerprint density at radius 3 is 2.41 bits per heavy atom. The van der Waals surface area contributed by atoms with Gasteiger partial charge in [-0.3, -0.25) is 0 Å². The number of nitrogens with one attached hydrogen (secondary N) is 1. The molecule has 1 aliphatic carbocycles. The molecule has 11 heteroatoms. The van der Waals surface area contributed by atoms with Crippen LogP contribution in [-0.2, 0) is 37.3 Å². The average Bonchev–Trinajstić information content (AvgIpc) is 3.52. The largest absolute Gasteiger partial charge is 0.446 e. The monoisotopic (exact) mass is 590 g/mol. The molecule has 1 saturated carbocycles. The average molecular weight is 591 g/mol. The fraction of sp³-hybridized carbons (Fsp3) is 0.567. The van der Waals surface area contributed by atoms with Crippen molar-refractivity contribution in [2.75, 3.05) is 26.8 Å². The predicted molar refractivity (Wildman–Crippen MR) is 153 cm³/mol. The Morgan fingerprint density at radius 2 is 1.78 bits per heavy atom. The van der Waals surface area contributed by atoms with Gasteiger partial charge in [0, 0.05) is 32.5 Å². The number of methoxy groups -OCH3 is 1. The maximum absolute atomic E-state index is 13.6. The summed E-state index contributed by atoms with van der Waals surface area (Å²) < 4.78 is 45.5. The Balaban J connectivity index is 1.48. The number of aliphatic hydroxyl groups is 2. The molecular formula is C30H42N2O8S. The van der Waals surface area contributed by atoms with Crippen LogP contribution >= 0.6 is 0 Å². The highest BCUT2D eigenvalue weighted by Crippen LogP contribution is 2.38. The maximum Gasteiger partial charge on any atom is 0.407 e. The highest BCUT2D eigenvalue weighted by molar-refractivity contribution is 7.89. The standard InChI is InChI=1S/C30H42N2O8S/c1-20(2)16-32(41(36,37)24-11-9-22(18-33)10-12-24)17-27(34)26(13-21-7-5-4-6-8-21)31-30(35)40-23-14-25-28(15-23)39-19-29(25)38-3/h4-12,20,23,25-29,33-34H,13-19H2,1-3H3,(H,31,35)/t23-,25+,26+,27?,28-,29-/m1/s1. The van der Waals surface area contributed by atoms with Crippen LogP contribution in [0.4, 0.5) is 4.79 Å². The minimum atomic E-state index is -3.96. The molecule has 10 nitrogen and oxygen atoms in total. The molecule has 0 spiro atoms. The van der Waals surface area contributed by atoms with E-state index in [4.69, 9.17) is 14.2 Å². The number of sulfonamides is 1. The fourth-order valence-corrected chi connectivity index (χ4v) is 7.29. The van der Waals surface area contributed by atoms with Crippen LogP contribution in [-0.4, -0.2) is 86.3 Å². The van der Waals surface area contributed by atoms with Crippen molar-refractivity contribution >= 4 is 16.1 Å². The number of hydrogen-bond acceptors (Lipinski definition) is 8. The lowest BCUT2D eigenvalue weighted by Gasteiger charge is -2.31. The molecule has 1 saturated heterocycles. The molecule has 1 unspecified atom stereocenters. The molecule has 0 aromatic heterocycles. The van der Waals surface area contributed by atoms with Crippen molar-refractivity contribution in [1.29, 1.82) is 0 Å². The molecule has 1 amide bonds. The molecule has 6 atom stereocenters. The number of benzene rings is 2. The number of nitrogens with zero attached hydrogens (tertiary/aromatic N) is 1. The maximum atomic E-state index is 13.6. The molecular weight excluding hydrogens is 548 g/mol. The summed E-state index contributed by atoms with van der Waals surface area (Å²) in [5.74, 6) is 0.156. The van der Waals surface area contributed by atoms with E-state index in [0.717, 1.165) is 5.56 Å². The third kappa shape index (κ3) is 8.06. The van der Waals surface area contributed by atoms with Gasteiger partial charge in [-0.25, -0.2) is 13.2 Å². The lowest BCUT2D eigenvalue weighted by atomic mass is 10.0. The van der Waals surface area contributed by atoms with Crippen LogP contribution in [0.15, 0.2) is 59.5 Å². The number of amides is 1. The first-order valence-corrected chi connectivity index (χ1v) is 15.6. The van der Waals surface area contributed by atoms with E-state index >= 15 is 0 Å². The van der Waals surface area contributed by atoms with Crippen LogP contribution in [0.1, 0.15) is 37.8 Å². The van der Waals surface area contributed by atoms with Crippen molar-refractivity contribution in [1.82, 2.24) is 9.62 Å². The van der Waals surface area contributed by atoms with Crippen molar-refractivity contribution in [3.8, 4) is 0 Å². The number of ether oxygens (including phenoxy) is 3. The first-order chi connectivity index (χ1) is 19.6. The molecule has 2 aliphatic rings. The van der Waals surface area contributed by atoms with Crippen LogP contribution in [0, 0.1) is 11.8 Å². The van der Waals surface area contributed by atoms with Gasteiger partial charge in [0.25, 0.3) is 0 Å². The highest BCUT2D eigenvalue weighted by Gasteiger charge is 2.46. The van der Waals surface area contributed by atoms with Crippen LogP contribution in [0.5, 0.6) is 0 Å². The third-order valence-electron chi connectivity index (χ3n) is 7.81. The van der Waals surface area contributed by atoms with E-state index < -0.39 is 28.3 Å². The molecule has 0 bridgehead atoms. The van der Waals surface area contributed by atoms with Gasteiger partial charge in [-0.1, -0.05) is 56.3 Å². The Labute approximate surface area is 242 Å². The molecule has 2 aromatic rings. The molecule has 4 rings (SSSR count). The van der Waals surface area contributed by atoms with Crippen molar-refractivity contribution in [2.45, 2.75) is 75.1 Å². The van der Waals surface area contributed by atoms with E-state index in [1.807, 2.05) is 44.2 Å². The van der Waals surface area contributed by atoms with E-state index in [1.165, 1.54) is 16.4 Å². The smallest absolute Gasteiger partial charge is 0.407 e. The van der Waals surface area contributed by atoms with Gasteiger partial charge in [0.05, 0.1) is 42.5 Å². The minimum absolute atomic E-state index is 0.00954.